The molecule has 0 bridgehead atoms. The van der Waals surface area contributed by atoms with Crippen LogP contribution in [0.15, 0.2) is 18.2 Å². The molecule has 26 heavy (non-hydrogen) atoms. The van der Waals surface area contributed by atoms with Crippen molar-refractivity contribution >= 4 is 5.91 Å². The topological polar surface area (TPSA) is 38.3 Å². The van der Waals surface area contributed by atoms with Crippen molar-refractivity contribution in [2.24, 2.45) is 5.41 Å². The summed E-state index contributed by atoms with van der Waals surface area (Å²) in [6, 6.07) is 3.77. The molecule has 0 atom stereocenters. The van der Waals surface area contributed by atoms with Gasteiger partial charge in [-0.3, -0.25) is 4.79 Å². The monoisotopic (exact) mass is 375 g/mol. The van der Waals surface area contributed by atoms with E-state index in [0.29, 0.717) is 12.8 Å². The van der Waals surface area contributed by atoms with Crippen molar-refractivity contribution in [2.75, 3.05) is 19.8 Å². The van der Waals surface area contributed by atoms with E-state index in [-0.39, 0.29) is 18.7 Å². The maximum Gasteiger partial charge on any atom is 0.261 e. The van der Waals surface area contributed by atoms with Gasteiger partial charge in [0, 0.05) is 17.5 Å². The second-order valence-corrected chi connectivity index (χ2v) is 7.56. The van der Waals surface area contributed by atoms with E-state index in [1.54, 1.807) is 13.8 Å². The number of amides is 1. The number of hydrogen-bond acceptors (Lipinski definition) is 2. The molecule has 3 nitrogen and oxygen atoms in total. The van der Waals surface area contributed by atoms with Crippen LogP contribution in [0.3, 0.4) is 0 Å². The average molecular weight is 375 g/mol. The molecule has 7 heteroatoms. The van der Waals surface area contributed by atoms with E-state index in [9.17, 15) is 22.4 Å². The van der Waals surface area contributed by atoms with Crippen LogP contribution < -0.4 is 5.32 Å². The highest BCUT2D eigenvalue weighted by Gasteiger charge is 2.41. The number of carbonyl (C=O) groups excluding carboxylic acids is 1. The van der Waals surface area contributed by atoms with Crippen LogP contribution in [0.2, 0.25) is 0 Å². The summed E-state index contributed by atoms with van der Waals surface area (Å²) in [7, 11) is 0. The molecule has 1 saturated carbocycles. The van der Waals surface area contributed by atoms with Gasteiger partial charge in [-0.2, -0.15) is 0 Å². The Balaban J connectivity index is 2.08. The maximum atomic E-state index is 14.3. The number of carbonyl (C=O) groups is 1. The predicted molar refractivity (Wildman–Crippen MR) is 90.1 cm³/mol. The summed E-state index contributed by atoms with van der Waals surface area (Å²) in [4.78, 5) is 12.5. The smallest absolute Gasteiger partial charge is 0.261 e. The molecule has 146 valence electrons. The van der Waals surface area contributed by atoms with Gasteiger partial charge in [0.2, 0.25) is 5.91 Å². The van der Waals surface area contributed by atoms with E-state index in [1.807, 2.05) is 0 Å². The molecule has 0 spiro atoms. The Kier molecular flexibility index (Phi) is 6.66. The highest BCUT2D eigenvalue weighted by Crippen LogP contribution is 2.43. The molecule has 0 saturated heterocycles. The van der Waals surface area contributed by atoms with E-state index < -0.39 is 41.4 Å². The van der Waals surface area contributed by atoms with Crippen molar-refractivity contribution < 1.29 is 27.1 Å². The van der Waals surface area contributed by atoms with Crippen LogP contribution in [0.5, 0.6) is 0 Å². The number of hydrogen-bond donors (Lipinski definition) is 1. The molecule has 1 aliphatic carbocycles. The Hall–Kier alpha value is -1.63. The Labute approximate surface area is 151 Å². The molecule has 0 unspecified atom stereocenters. The molecule has 0 heterocycles. The predicted octanol–water partition coefficient (Wildman–Crippen LogP) is 4.20. The Morgan fingerprint density at radius 3 is 2.35 bits per heavy atom. The summed E-state index contributed by atoms with van der Waals surface area (Å²) in [6.07, 6.45) is 0.204. The van der Waals surface area contributed by atoms with Crippen molar-refractivity contribution in [2.45, 2.75) is 51.4 Å². The van der Waals surface area contributed by atoms with Crippen molar-refractivity contribution in [3.8, 4) is 0 Å². The van der Waals surface area contributed by atoms with Crippen molar-refractivity contribution in [1.29, 1.82) is 0 Å². The van der Waals surface area contributed by atoms with Crippen LogP contribution in [0, 0.1) is 17.0 Å². The molecule has 1 fully saturated rings. The van der Waals surface area contributed by atoms with Crippen LogP contribution in [0.25, 0.3) is 0 Å². The zero-order valence-electron chi connectivity index (χ0n) is 15.1. The third-order valence-corrected chi connectivity index (χ3v) is 4.96. The number of rotatable bonds is 8. The molecule has 1 aromatic carbocycles. The van der Waals surface area contributed by atoms with Crippen molar-refractivity contribution in [1.82, 2.24) is 5.32 Å². The summed E-state index contributed by atoms with van der Waals surface area (Å²) in [5.74, 6) is -1.61. The SMILES string of the molecule is CC(C)(COCC(F)F)C(=O)NCC1(c2c(F)cccc2F)CCCC1. The Bertz CT molecular complexity index is 608. The second kappa shape index (κ2) is 8.37. The second-order valence-electron chi connectivity index (χ2n) is 7.56. The molecule has 1 aromatic rings. The average Bonchev–Trinajstić information content (AvgIpc) is 3.01. The lowest BCUT2D eigenvalue weighted by molar-refractivity contribution is -0.134. The fourth-order valence-corrected chi connectivity index (χ4v) is 3.53. The number of ether oxygens (including phenoxy) is 1. The molecular formula is C19H25F4NO2. The normalized spacial score (nSPS) is 16.9. The summed E-state index contributed by atoms with van der Waals surface area (Å²) >= 11 is 0. The lowest BCUT2D eigenvalue weighted by Crippen LogP contribution is -2.46. The zero-order valence-corrected chi connectivity index (χ0v) is 15.1. The van der Waals surface area contributed by atoms with Crippen LogP contribution in [0.4, 0.5) is 17.6 Å². The minimum Gasteiger partial charge on any atom is -0.374 e. The zero-order chi connectivity index (χ0) is 19.4. The third kappa shape index (κ3) is 4.75. The van der Waals surface area contributed by atoms with Gasteiger partial charge in [-0.25, -0.2) is 17.6 Å². The maximum absolute atomic E-state index is 14.3. The number of nitrogens with one attached hydrogen (secondary N) is 1. The lowest BCUT2D eigenvalue weighted by Gasteiger charge is -2.32. The van der Waals surface area contributed by atoms with Gasteiger partial charge in [0.1, 0.15) is 18.2 Å². The van der Waals surface area contributed by atoms with E-state index in [4.69, 9.17) is 4.74 Å². The Morgan fingerprint density at radius 2 is 1.81 bits per heavy atom. The molecule has 1 N–H and O–H groups in total. The van der Waals surface area contributed by atoms with Gasteiger partial charge in [0.15, 0.2) is 0 Å². The van der Waals surface area contributed by atoms with Gasteiger partial charge in [-0.1, -0.05) is 18.9 Å². The highest BCUT2D eigenvalue weighted by atomic mass is 19.3. The number of halogens is 4. The van der Waals surface area contributed by atoms with Crippen molar-refractivity contribution in [3.05, 3.63) is 35.4 Å². The van der Waals surface area contributed by atoms with Crippen LogP contribution in [-0.2, 0) is 14.9 Å². The molecule has 0 aromatic heterocycles. The molecule has 0 radical (unpaired) electrons. The summed E-state index contributed by atoms with van der Waals surface area (Å²) in [5.41, 5.74) is -1.79. The third-order valence-electron chi connectivity index (χ3n) is 4.96. The van der Waals surface area contributed by atoms with Gasteiger partial charge in [0.05, 0.1) is 12.0 Å². The van der Waals surface area contributed by atoms with Crippen LogP contribution in [-0.4, -0.2) is 32.1 Å². The number of benzene rings is 1. The standard InChI is InChI=1S/C19H25F4NO2/c1-18(2,12-26-10-15(22)23)17(25)24-11-19(8-3-4-9-19)16-13(20)6-5-7-14(16)21/h5-7,15H,3-4,8-12H2,1-2H3,(H,24,25). The summed E-state index contributed by atoms with van der Waals surface area (Å²) < 4.78 is 57.8. The van der Waals surface area contributed by atoms with Gasteiger partial charge >= 0.3 is 0 Å². The van der Waals surface area contributed by atoms with Gasteiger partial charge < -0.3 is 10.1 Å². The van der Waals surface area contributed by atoms with E-state index in [1.165, 1.54) is 18.2 Å². The van der Waals surface area contributed by atoms with E-state index >= 15 is 0 Å². The fourth-order valence-electron chi connectivity index (χ4n) is 3.53. The largest absolute Gasteiger partial charge is 0.374 e. The molecule has 1 amide bonds. The number of alkyl halides is 2. The lowest BCUT2D eigenvalue weighted by atomic mass is 9.77. The first kappa shape index (κ1) is 20.7. The molecule has 0 aliphatic heterocycles. The first-order chi connectivity index (χ1) is 12.2. The Morgan fingerprint density at radius 1 is 1.23 bits per heavy atom. The first-order valence-corrected chi connectivity index (χ1v) is 8.77. The van der Waals surface area contributed by atoms with Crippen LogP contribution >= 0.6 is 0 Å². The van der Waals surface area contributed by atoms with Gasteiger partial charge in [-0.05, 0) is 38.8 Å². The van der Waals surface area contributed by atoms with E-state index in [0.717, 1.165) is 12.8 Å². The summed E-state index contributed by atoms with van der Waals surface area (Å²) in [5, 5.41) is 2.76. The summed E-state index contributed by atoms with van der Waals surface area (Å²) in [6.45, 7) is 2.37. The fraction of sp³-hybridized carbons (Fsp3) is 0.632. The van der Waals surface area contributed by atoms with Gasteiger partial charge in [-0.15, -0.1) is 0 Å². The van der Waals surface area contributed by atoms with Gasteiger partial charge in [0.25, 0.3) is 6.43 Å². The van der Waals surface area contributed by atoms with Crippen LogP contribution in [0.1, 0.15) is 45.1 Å². The quantitative estimate of drug-likeness (QED) is 0.692. The van der Waals surface area contributed by atoms with E-state index in [2.05, 4.69) is 5.32 Å². The molecule has 1 aliphatic rings. The molecule has 2 rings (SSSR count). The first-order valence-electron chi connectivity index (χ1n) is 8.77. The minimum atomic E-state index is -2.60. The highest BCUT2D eigenvalue weighted by molar-refractivity contribution is 5.82. The minimum absolute atomic E-state index is 0.0181. The molecular weight excluding hydrogens is 350 g/mol. The van der Waals surface area contributed by atoms with Crippen molar-refractivity contribution in [3.63, 3.8) is 0 Å².